The molecule has 0 spiro atoms. The van der Waals surface area contributed by atoms with Crippen molar-refractivity contribution in [1.29, 1.82) is 0 Å². The number of benzene rings is 1. The Balaban J connectivity index is 1.74. The summed E-state index contributed by atoms with van der Waals surface area (Å²) in [4.78, 5) is 0. The molecule has 1 aromatic carbocycles. The number of hydrogen-bond donors (Lipinski definition) is 1. The van der Waals surface area contributed by atoms with Gasteiger partial charge in [-0.15, -0.1) is 0 Å². The summed E-state index contributed by atoms with van der Waals surface area (Å²) in [5.41, 5.74) is 4.06. The number of nitrogens with one attached hydrogen (secondary N) is 1. The minimum Gasteiger partial charge on any atom is -0.308 e. The molecule has 3 atom stereocenters. The molecule has 3 unspecified atom stereocenters. The SMILES string of the molecule is Cc1ccc2c(c1)C(NCC1CCCS1(=O)=O)C(C)C2. The molecule has 20 heavy (non-hydrogen) atoms. The average Bonchev–Trinajstić information content (AvgIpc) is 2.86. The Bertz CT molecular complexity index is 609. The molecular weight excluding hydrogens is 270 g/mol. The lowest BCUT2D eigenvalue weighted by Crippen LogP contribution is -2.34. The van der Waals surface area contributed by atoms with Crippen LogP contribution in [0.5, 0.6) is 0 Å². The fourth-order valence-electron chi connectivity index (χ4n) is 3.62. The maximum Gasteiger partial charge on any atom is 0.154 e. The lowest BCUT2D eigenvalue weighted by molar-refractivity contribution is 0.412. The second-order valence-corrected chi connectivity index (χ2v) is 8.80. The molecule has 3 nitrogen and oxygen atoms in total. The topological polar surface area (TPSA) is 46.2 Å². The van der Waals surface area contributed by atoms with Crippen LogP contribution in [0.1, 0.15) is 42.5 Å². The second-order valence-electron chi connectivity index (χ2n) is 6.40. The lowest BCUT2D eigenvalue weighted by atomic mass is 10.0. The van der Waals surface area contributed by atoms with E-state index in [1.807, 2.05) is 0 Å². The van der Waals surface area contributed by atoms with Gasteiger partial charge in [-0.3, -0.25) is 0 Å². The highest BCUT2D eigenvalue weighted by atomic mass is 32.2. The van der Waals surface area contributed by atoms with E-state index >= 15 is 0 Å². The summed E-state index contributed by atoms with van der Waals surface area (Å²) in [7, 11) is -2.84. The summed E-state index contributed by atoms with van der Waals surface area (Å²) in [6.45, 7) is 4.96. The Labute approximate surface area is 121 Å². The second kappa shape index (κ2) is 5.15. The quantitative estimate of drug-likeness (QED) is 0.931. The van der Waals surface area contributed by atoms with Crippen molar-refractivity contribution < 1.29 is 8.42 Å². The molecule has 1 aromatic rings. The molecular formula is C16H23NO2S. The first kappa shape index (κ1) is 14.1. The Morgan fingerprint density at radius 1 is 1.35 bits per heavy atom. The highest BCUT2D eigenvalue weighted by molar-refractivity contribution is 7.92. The molecule has 0 bridgehead atoms. The lowest BCUT2D eigenvalue weighted by Gasteiger charge is -2.21. The molecule has 0 amide bonds. The first-order valence-corrected chi connectivity index (χ1v) is 9.23. The maximum absolute atomic E-state index is 11.9. The van der Waals surface area contributed by atoms with E-state index in [9.17, 15) is 8.42 Å². The van der Waals surface area contributed by atoms with Gasteiger partial charge in [-0.1, -0.05) is 30.7 Å². The first-order chi connectivity index (χ1) is 9.47. The molecule has 1 saturated heterocycles. The highest BCUT2D eigenvalue weighted by Gasteiger charge is 2.34. The van der Waals surface area contributed by atoms with Gasteiger partial charge < -0.3 is 5.32 Å². The Morgan fingerprint density at radius 3 is 2.85 bits per heavy atom. The van der Waals surface area contributed by atoms with Crippen LogP contribution in [0.2, 0.25) is 0 Å². The van der Waals surface area contributed by atoms with Gasteiger partial charge in [0.05, 0.1) is 11.0 Å². The van der Waals surface area contributed by atoms with Crippen LogP contribution in [0.3, 0.4) is 0 Å². The smallest absolute Gasteiger partial charge is 0.154 e. The van der Waals surface area contributed by atoms with Crippen LogP contribution in [0, 0.1) is 12.8 Å². The number of hydrogen-bond acceptors (Lipinski definition) is 3. The third kappa shape index (κ3) is 2.51. The van der Waals surface area contributed by atoms with E-state index in [2.05, 4.69) is 37.4 Å². The largest absolute Gasteiger partial charge is 0.308 e. The van der Waals surface area contributed by atoms with Gasteiger partial charge in [0.2, 0.25) is 0 Å². The van der Waals surface area contributed by atoms with Crippen molar-refractivity contribution in [3.8, 4) is 0 Å². The predicted octanol–water partition coefficient (Wildman–Crippen LogP) is 2.40. The van der Waals surface area contributed by atoms with Gasteiger partial charge in [0, 0.05) is 12.6 Å². The fraction of sp³-hybridized carbons (Fsp3) is 0.625. The van der Waals surface area contributed by atoms with Crippen LogP contribution in [-0.2, 0) is 16.3 Å². The molecule has 0 saturated carbocycles. The summed E-state index contributed by atoms with van der Waals surface area (Å²) in [6, 6.07) is 6.94. The zero-order valence-corrected chi connectivity index (χ0v) is 13.0. The molecule has 0 radical (unpaired) electrons. The number of fused-ring (bicyclic) bond motifs is 1. The van der Waals surface area contributed by atoms with Crippen molar-refractivity contribution in [2.24, 2.45) is 5.92 Å². The zero-order valence-electron chi connectivity index (χ0n) is 12.2. The van der Waals surface area contributed by atoms with Crippen molar-refractivity contribution in [2.75, 3.05) is 12.3 Å². The number of aryl methyl sites for hydroxylation is 1. The molecule has 110 valence electrons. The van der Waals surface area contributed by atoms with Crippen LogP contribution in [0.4, 0.5) is 0 Å². The van der Waals surface area contributed by atoms with Crippen LogP contribution < -0.4 is 5.32 Å². The summed E-state index contributed by atoms with van der Waals surface area (Å²) < 4.78 is 23.8. The molecule has 1 N–H and O–H groups in total. The van der Waals surface area contributed by atoms with Gasteiger partial charge in [-0.2, -0.15) is 0 Å². The minimum absolute atomic E-state index is 0.177. The van der Waals surface area contributed by atoms with Crippen LogP contribution in [-0.4, -0.2) is 26.0 Å². The van der Waals surface area contributed by atoms with Crippen LogP contribution in [0.25, 0.3) is 0 Å². The predicted molar refractivity (Wildman–Crippen MR) is 81.6 cm³/mol. The molecule has 1 aliphatic carbocycles. The summed E-state index contributed by atoms with van der Waals surface area (Å²) in [5.74, 6) is 0.908. The third-order valence-electron chi connectivity index (χ3n) is 4.78. The number of sulfone groups is 1. The molecule has 3 rings (SSSR count). The fourth-order valence-corrected chi connectivity index (χ4v) is 5.40. The van der Waals surface area contributed by atoms with E-state index in [0.717, 1.165) is 19.3 Å². The summed E-state index contributed by atoms with van der Waals surface area (Å²) in [6.07, 6.45) is 2.73. The molecule has 4 heteroatoms. The number of rotatable bonds is 3. The minimum atomic E-state index is -2.84. The highest BCUT2D eigenvalue weighted by Crippen LogP contribution is 2.36. The van der Waals surface area contributed by atoms with E-state index in [1.54, 1.807) is 0 Å². The van der Waals surface area contributed by atoms with E-state index in [-0.39, 0.29) is 5.25 Å². The molecule has 1 aliphatic heterocycles. The van der Waals surface area contributed by atoms with Gasteiger partial charge in [0.25, 0.3) is 0 Å². The van der Waals surface area contributed by atoms with Gasteiger partial charge in [-0.05, 0) is 43.2 Å². The zero-order chi connectivity index (χ0) is 14.3. The van der Waals surface area contributed by atoms with Gasteiger partial charge in [-0.25, -0.2) is 8.42 Å². The maximum atomic E-state index is 11.9. The van der Waals surface area contributed by atoms with E-state index in [4.69, 9.17) is 0 Å². The van der Waals surface area contributed by atoms with Gasteiger partial charge >= 0.3 is 0 Å². The van der Waals surface area contributed by atoms with Crippen molar-refractivity contribution in [3.05, 3.63) is 34.9 Å². The average molecular weight is 293 g/mol. The molecule has 1 fully saturated rings. The van der Waals surface area contributed by atoms with Crippen molar-refractivity contribution in [3.63, 3.8) is 0 Å². The van der Waals surface area contributed by atoms with Gasteiger partial charge in [0.1, 0.15) is 0 Å². The van der Waals surface area contributed by atoms with Gasteiger partial charge in [0.15, 0.2) is 9.84 Å². The molecule has 2 aliphatic rings. The van der Waals surface area contributed by atoms with Crippen LogP contribution >= 0.6 is 0 Å². The van der Waals surface area contributed by atoms with Crippen molar-refractivity contribution in [2.45, 2.75) is 44.4 Å². The van der Waals surface area contributed by atoms with Crippen molar-refractivity contribution >= 4 is 9.84 Å². The third-order valence-corrected chi connectivity index (χ3v) is 7.05. The summed E-state index contributed by atoms with van der Waals surface area (Å²) >= 11 is 0. The molecule has 1 heterocycles. The molecule has 0 aromatic heterocycles. The standard InChI is InChI=1S/C16H23NO2S/c1-11-5-6-13-9-12(2)16(15(13)8-11)17-10-14-4-3-7-20(14,18)19/h5-6,8,12,14,16-17H,3-4,7,9-10H2,1-2H3. The Kier molecular flexibility index (Phi) is 3.63. The van der Waals surface area contributed by atoms with Crippen LogP contribution in [0.15, 0.2) is 18.2 Å². The first-order valence-electron chi connectivity index (χ1n) is 7.52. The normalized spacial score (nSPS) is 31.4. The van der Waals surface area contributed by atoms with Crippen molar-refractivity contribution in [1.82, 2.24) is 5.32 Å². The van der Waals surface area contributed by atoms with E-state index in [0.29, 0.717) is 24.3 Å². The Hall–Kier alpha value is -0.870. The van der Waals surface area contributed by atoms with E-state index < -0.39 is 9.84 Å². The summed E-state index contributed by atoms with van der Waals surface area (Å²) in [5, 5.41) is 3.36. The Morgan fingerprint density at radius 2 is 2.15 bits per heavy atom. The monoisotopic (exact) mass is 293 g/mol. The van der Waals surface area contributed by atoms with E-state index in [1.165, 1.54) is 16.7 Å².